The Morgan fingerprint density at radius 1 is 1.62 bits per heavy atom. The third kappa shape index (κ3) is 2.23. The van der Waals surface area contributed by atoms with Crippen LogP contribution in [-0.4, -0.2) is 48.7 Å². The van der Waals surface area contributed by atoms with Gasteiger partial charge < -0.3 is 15.0 Å². The lowest BCUT2D eigenvalue weighted by atomic mass is 10.1. The van der Waals surface area contributed by atoms with Crippen molar-refractivity contribution in [3.8, 4) is 0 Å². The smallest absolute Gasteiger partial charge is 0.328 e. The molecule has 2 rings (SSSR count). The van der Waals surface area contributed by atoms with Crippen LogP contribution >= 0.6 is 24.0 Å². The van der Waals surface area contributed by atoms with Crippen molar-refractivity contribution in [2.45, 2.75) is 12.5 Å². The Balaban J connectivity index is 0.00000128. The first-order chi connectivity index (χ1) is 7.11. The second-order valence-electron chi connectivity index (χ2n) is 3.68. The number of fused-ring (bicyclic) bond motifs is 1. The number of rotatable bonds is 1. The molecule has 2 heterocycles. The van der Waals surface area contributed by atoms with Crippen LogP contribution in [0.25, 0.3) is 0 Å². The molecule has 0 aromatic carbocycles. The van der Waals surface area contributed by atoms with Crippen molar-refractivity contribution in [2.75, 3.05) is 20.8 Å². The average Bonchev–Trinajstić information content (AvgIpc) is 2.58. The monoisotopic (exact) mass is 339 g/mol. The van der Waals surface area contributed by atoms with E-state index in [1.54, 1.807) is 4.90 Å². The summed E-state index contributed by atoms with van der Waals surface area (Å²) in [4.78, 5) is 26.4. The van der Waals surface area contributed by atoms with Crippen molar-refractivity contribution in [3.63, 3.8) is 0 Å². The minimum atomic E-state index is -0.559. The van der Waals surface area contributed by atoms with Crippen molar-refractivity contribution in [1.82, 2.24) is 15.1 Å². The lowest BCUT2D eigenvalue weighted by molar-refractivity contribution is -0.143. The second-order valence-corrected chi connectivity index (χ2v) is 3.68. The summed E-state index contributed by atoms with van der Waals surface area (Å²) in [5.74, 6) is -0.404. The van der Waals surface area contributed by atoms with Crippen LogP contribution in [0.4, 0.5) is 4.79 Å². The molecule has 0 radical (unpaired) electrons. The van der Waals surface area contributed by atoms with Crippen LogP contribution in [-0.2, 0) is 9.53 Å². The highest BCUT2D eigenvalue weighted by Crippen LogP contribution is 2.23. The summed E-state index contributed by atoms with van der Waals surface area (Å²) in [5, 5.41) is 2.60. The van der Waals surface area contributed by atoms with Crippen LogP contribution in [0.2, 0.25) is 0 Å². The normalized spacial score (nSPS) is 23.0. The lowest BCUT2D eigenvalue weighted by Gasteiger charge is -2.30. The number of hydrogen-bond donors (Lipinski definition) is 1. The predicted molar refractivity (Wildman–Crippen MR) is 66.9 cm³/mol. The number of carbonyl (C=O) groups is 2. The van der Waals surface area contributed by atoms with Crippen LogP contribution in [0.5, 0.6) is 0 Å². The number of amides is 2. The highest BCUT2D eigenvalue weighted by molar-refractivity contribution is 14.0. The van der Waals surface area contributed by atoms with Gasteiger partial charge in [-0.15, -0.1) is 24.0 Å². The zero-order chi connectivity index (χ0) is 11.0. The molecule has 16 heavy (non-hydrogen) atoms. The van der Waals surface area contributed by atoms with Crippen LogP contribution in [0.3, 0.4) is 0 Å². The Kier molecular flexibility index (Phi) is 4.00. The van der Waals surface area contributed by atoms with Crippen molar-refractivity contribution in [2.24, 2.45) is 0 Å². The van der Waals surface area contributed by atoms with Gasteiger partial charge in [0.2, 0.25) is 0 Å². The van der Waals surface area contributed by atoms with Crippen molar-refractivity contribution >= 4 is 36.0 Å². The molecule has 0 bridgehead atoms. The fraction of sp³-hybridized carbons (Fsp3) is 0.556. The summed E-state index contributed by atoms with van der Waals surface area (Å²) < 4.78 is 4.60. The number of methoxy groups -OCH3 is 1. The van der Waals surface area contributed by atoms with E-state index in [2.05, 4.69) is 10.1 Å². The first-order valence-corrected chi connectivity index (χ1v) is 4.68. The molecule has 90 valence electrons. The molecular formula is C9H14IN3O3. The Bertz CT molecular complexity index is 345. The maximum Gasteiger partial charge on any atom is 0.328 e. The van der Waals surface area contributed by atoms with E-state index >= 15 is 0 Å². The zero-order valence-electron chi connectivity index (χ0n) is 9.10. The number of halogens is 1. The third-order valence-electron chi connectivity index (χ3n) is 2.52. The number of ether oxygens (including phenoxy) is 1. The maximum atomic E-state index is 11.6. The SMILES string of the molecule is COC(=O)[C@@H]1CC2=CN(C)CN2C(=O)N1.I. The minimum absolute atomic E-state index is 0. The maximum absolute atomic E-state index is 11.6. The fourth-order valence-electron chi connectivity index (χ4n) is 1.81. The Hall–Kier alpha value is -0.990. The number of hydrogen-bond acceptors (Lipinski definition) is 4. The molecule has 6 nitrogen and oxygen atoms in total. The molecule has 1 fully saturated rings. The van der Waals surface area contributed by atoms with Gasteiger partial charge in [0.15, 0.2) is 0 Å². The Labute approximate surface area is 111 Å². The molecule has 1 saturated heterocycles. The predicted octanol–water partition coefficient (Wildman–Crippen LogP) is 0.306. The number of urea groups is 1. The van der Waals surface area contributed by atoms with Crippen molar-refractivity contribution < 1.29 is 14.3 Å². The van der Waals surface area contributed by atoms with Crippen LogP contribution in [0.1, 0.15) is 6.42 Å². The number of nitrogens with zero attached hydrogens (tertiary/aromatic N) is 2. The Morgan fingerprint density at radius 3 is 2.94 bits per heavy atom. The van der Waals surface area contributed by atoms with E-state index in [0.29, 0.717) is 13.1 Å². The quantitative estimate of drug-likeness (QED) is 0.552. The number of nitrogens with one attached hydrogen (secondary N) is 1. The third-order valence-corrected chi connectivity index (χ3v) is 2.52. The van der Waals surface area contributed by atoms with Gasteiger partial charge in [-0.2, -0.15) is 0 Å². The summed E-state index contributed by atoms with van der Waals surface area (Å²) >= 11 is 0. The Morgan fingerprint density at radius 2 is 2.31 bits per heavy atom. The largest absolute Gasteiger partial charge is 0.467 e. The van der Waals surface area contributed by atoms with E-state index in [4.69, 9.17) is 0 Å². The average molecular weight is 339 g/mol. The van der Waals surface area contributed by atoms with Gasteiger partial charge in [-0.3, -0.25) is 4.90 Å². The van der Waals surface area contributed by atoms with Gasteiger partial charge in [-0.05, 0) is 0 Å². The topological polar surface area (TPSA) is 61.9 Å². The van der Waals surface area contributed by atoms with Gasteiger partial charge in [0.05, 0.1) is 13.8 Å². The van der Waals surface area contributed by atoms with Crippen LogP contribution in [0, 0.1) is 0 Å². The van der Waals surface area contributed by atoms with E-state index in [1.807, 2.05) is 18.1 Å². The van der Waals surface area contributed by atoms with Gasteiger partial charge in [0, 0.05) is 25.4 Å². The minimum Gasteiger partial charge on any atom is -0.467 e. The molecule has 0 aromatic heterocycles. The van der Waals surface area contributed by atoms with Gasteiger partial charge in [-0.1, -0.05) is 0 Å². The van der Waals surface area contributed by atoms with Crippen molar-refractivity contribution in [3.05, 3.63) is 11.9 Å². The molecule has 0 saturated carbocycles. The summed E-state index contributed by atoms with van der Waals surface area (Å²) in [6, 6.07) is -0.802. The first kappa shape index (κ1) is 13.1. The second kappa shape index (κ2) is 4.89. The molecule has 0 aliphatic carbocycles. The van der Waals surface area contributed by atoms with Crippen LogP contribution in [0.15, 0.2) is 11.9 Å². The molecule has 0 spiro atoms. The summed E-state index contributed by atoms with van der Waals surface area (Å²) in [7, 11) is 3.20. The van der Waals surface area contributed by atoms with E-state index in [1.165, 1.54) is 7.11 Å². The van der Waals surface area contributed by atoms with E-state index in [9.17, 15) is 9.59 Å². The lowest BCUT2D eigenvalue weighted by Crippen LogP contribution is -2.53. The van der Waals surface area contributed by atoms with Gasteiger partial charge in [0.1, 0.15) is 6.04 Å². The molecule has 0 aromatic rings. The highest BCUT2D eigenvalue weighted by atomic mass is 127. The first-order valence-electron chi connectivity index (χ1n) is 4.68. The molecule has 2 amide bonds. The highest BCUT2D eigenvalue weighted by Gasteiger charge is 2.36. The molecule has 1 N–H and O–H groups in total. The summed E-state index contributed by atoms with van der Waals surface area (Å²) in [5.41, 5.74) is 0.858. The molecule has 0 unspecified atom stereocenters. The van der Waals surface area contributed by atoms with E-state index in [-0.39, 0.29) is 30.0 Å². The molecular weight excluding hydrogens is 325 g/mol. The fourth-order valence-corrected chi connectivity index (χ4v) is 1.81. The number of carbonyl (C=O) groups excluding carboxylic acids is 2. The van der Waals surface area contributed by atoms with Gasteiger partial charge in [0.25, 0.3) is 0 Å². The summed E-state index contributed by atoms with van der Waals surface area (Å²) in [6.45, 7) is 0.537. The number of esters is 1. The van der Waals surface area contributed by atoms with Crippen LogP contribution < -0.4 is 5.32 Å². The molecule has 2 aliphatic rings. The van der Waals surface area contributed by atoms with E-state index in [0.717, 1.165) is 5.70 Å². The van der Waals surface area contributed by atoms with Gasteiger partial charge in [-0.25, -0.2) is 9.59 Å². The zero-order valence-corrected chi connectivity index (χ0v) is 11.4. The van der Waals surface area contributed by atoms with E-state index < -0.39 is 12.0 Å². The molecule has 2 aliphatic heterocycles. The standard InChI is InChI=1S/C9H13N3O3.HI/c1-11-4-6-3-7(8(13)15-2)10-9(14)12(6)5-11;/h4,7H,3,5H2,1-2H3,(H,10,14);1H/t7-;/m0./s1. The molecule has 7 heteroatoms. The van der Waals surface area contributed by atoms with Crippen molar-refractivity contribution in [1.29, 1.82) is 0 Å². The summed E-state index contributed by atoms with van der Waals surface area (Å²) in [6.07, 6.45) is 2.36. The molecule has 1 atom stereocenters. The van der Waals surface area contributed by atoms with Gasteiger partial charge >= 0.3 is 12.0 Å².